The van der Waals surface area contributed by atoms with E-state index in [0.29, 0.717) is 0 Å². The van der Waals surface area contributed by atoms with Gasteiger partial charge in [-0.2, -0.15) is 0 Å². The Bertz CT molecular complexity index is 3840. The summed E-state index contributed by atoms with van der Waals surface area (Å²) in [5, 5.41) is 41.8. The minimum absolute atomic E-state index is 0. The number of carbonyl (C=O) groups is 2. The summed E-state index contributed by atoms with van der Waals surface area (Å²) in [7, 11) is -13.1. The number of hydrogen-bond acceptors (Lipinski definition) is 15. The van der Waals surface area contributed by atoms with Crippen LogP contribution in [0.1, 0.15) is 277 Å². The Morgan fingerprint density at radius 2 is 0.918 bits per heavy atom. The van der Waals surface area contributed by atoms with Crippen molar-refractivity contribution in [1.29, 1.82) is 0 Å². The van der Waals surface area contributed by atoms with Crippen LogP contribution in [-0.4, -0.2) is 93.2 Å². The Kier molecular flexibility index (Phi) is 8.81. The largest absolute Gasteiger partial charge is 0.756 e. The van der Waals surface area contributed by atoms with Crippen LogP contribution in [0.2, 0.25) is 0 Å². The van der Waals surface area contributed by atoms with Crippen molar-refractivity contribution in [3.8, 4) is 0 Å². The van der Waals surface area contributed by atoms with Crippen LogP contribution >= 0.6 is 15.6 Å². The molecule has 0 amide bonds. The van der Waals surface area contributed by atoms with E-state index < -0.39 is 276 Å². The lowest BCUT2D eigenvalue weighted by atomic mass is 9.85. The molecule has 366 valence electrons. The third-order valence-electron chi connectivity index (χ3n) is 5.47. The first-order valence-corrected chi connectivity index (χ1v) is 17.9. The average Bonchev–Trinajstić information content (AvgIpc) is 0.671. The minimum atomic E-state index is -6.90. The van der Waals surface area contributed by atoms with Crippen molar-refractivity contribution in [1.82, 2.24) is 12.3 Å². The highest BCUT2D eigenvalue weighted by Crippen LogP contribution is 2.45. The molecule has 1 aliphatic rings. The Hall–Kier alpha value is -1.08. The van der Waals surface area contributed by atoms with Gasteiger partial charge in [0.25, 0.3) is 15.6 Å². The molecule has 0 heterocycles. The van der Waals surface area contributed by atoms with Crippen LogP contribution in [0.25, 0.3) is 0 Å². The molecular formula is C41H86N2O16P2. The van der Waals surface area contributed by atoms with Gasteiger partial charge in [-0.15, -0.1) is 0 Å². The van der Waals surface area contributed by atoms with E-state index in [1.807, 2.05) is 0 Å². The van der Waals surface area contributed by atoms with E-state index in [-0.39, 0.29) is 12.3 Å². The van der Waals surface area contributed by atoms with Crippen LogP contribution in [-0.2, 0) is 41.8 Å². The smallest absolute Gasteiger partial charge is 0.306 e. The van der Waals surface area contributed by atoms with Gasteiger partial charge in [-0.05, 0) is 12.7 Å². The molecule has 1 aliphatic carbocycles. The topological polar surface area (TPSA) is 335 Å². The first-order valence-electron chi connectivity index (χ1n) is 45.9. The van der Waals surface area contributed by atoms with Crippen molar-refractivity contribution in [2.75, 3.05) is 13.2 Å². The molecule has 0 spiro atoms. The van der Waals surface area contributed by atoms with Gasteiger partial charge in [-0.25, -0.2) is 0 Å². The van der Waals surface area contributed by atoms with Crippen molar-refractivity contribution >= 4 is 27.6 Å². The first-order chi connectivity index (χ1) is 51.5. The molecule has 13 N–H and O–H groups in total. The Labute approximate surface area is 452 Å². The molecule has 0 radical (unpaired) electrons. The summed E-state index contributed by atoms with van der Waals surface area (Å²) in [5.74, 6) is -6.61. The molecule has 9 atom stereocenters. The van der Waals surface area contributed by atoms with Crippen molar-refractivity contribution < 1.29 is 162 Å². The molecule has 20 heteroatoms. The maximum atomic E-state index is 14.1. The zero-order valence-corrected chi connectivity index (χ0v) is 32.9. The van der Waals surface area contributed by atoms with Crippen LogP contribution in [0, 0.1) is 0 Å². The highest BCUT2D eigenvalue weighted by atomic mass is 31.2. The Morgan fingerprint density at radius 1 is 0.557 bits per heavy atom. The second kappa shape index (κ2) is 37.2. The fourth-order valence-corrected chi connectivity index (χ4v) is 4.81. The third-order valence-corrected chi connectivity index (χ3v) is 6.95. The first kappa shape index (κ1) is 14.5. The monoisotopic (exact) mass is 987 g/mol. The molecule has 1 saturated carbocycles. The van der Waals surface area contributed by atoms with Gasteiger partial charge in [0, 0.05) is 97.7 Å². The minimum Gasteiger partial charge on any atom is -0.756 e. The Morgan fingerprint density at radius 3 is 1.31 bits per heavy atom. The van der Waals surface area contributed by atoms with Gasteiger partial charge < -0.3 is 70.5 Å². The number of carbonyl (C=O) groups excluding carboxylic acids is 2. The summed E-state index contributed by atoms with van der Waals surface area (Å²) in [4.78, 5) is 62.1. The van der Waals surface area contributed by atoms with Crippen molar-refractivity contribution in [3.05, 3.63) is 0 Å². The van der Waals surface area contributed by atoms with Crippen LogP contribution in [0.4, 0.5) is 0 Å². The highest BCUT2D eigenvalue weighted by Gasteiger charge is 2.52. The summed E-state index contributed by atoms with van der Waals surface area (Å²) >= 11 is 0. The third kappa shape index (κ3) is 31.4. The number of rotatable bonds is 38. The number of quaternary nitrogens is 2. The molecule has 2 unspecified atom stereocenters. The number of phosphoric acid groups is 2. The molecule has 0 aliphatic heterocycles. The fourth-order valence-electron chi connectivity index (χ4n) is 3.29. The van der Waals surface area contributed by atoms with E-state index in [9.17, 15) is 53.8 Å². The average molecular weight is 987 g/mol. The van der Waals surface area contributed by atoms with Gasteiger partial charge in [-0.3, -0.25) is 18.7 Å². The molecule has 18 nitrogen and oxygen atoms in total. The summed E-state index contributed by atoms with van der Waals surface area (Å²) in [5.41, 5.74) is 0. The maximum Gasteiger partial charge on any atom is 0.306 e. The van der Waals surface area contributed by atoms with Crippen molar-refractivity contribution in [3.63, 3.8) is 0 Å². The van der Waals surface area contributed by atoms with Gasteiger partial charge in [-0.1, -0.05) is 167 Å². The number of aliphatic hydroxyl groups is 4. The highest BCUT2D eigenvalue weighted by molar-refractivity contribution is 7.46. The number of hydrogen-bond donors (Lipinski definition) is 7. The van der Waals surface area contributed by atoms with E-state index in [0.717, 1.165) is 0 Å². The van der Waals surface area contributed by atoms with Gasteiger partial charge in [0.2, 0.25) is 0 Å². The van der Waals surface area contributed by atoms with Crippen LogP contribution in [0.5, 0.6) is 0 Å². The second-order valence-electron chi connectivity index (χ2n) is 9.44. The molecule has 0 aromatic carbocycles. The van der Waals surface area contributed by atoms with Crippen LogP contribution < -0.4 is 22.1 Å². The molecule has 0 bridgehead atoms. The zero-order chi connectivity index (χ0) is 99.1. The van der Waals surface area contributed by atoms with E-state index in [4.69, 9.17) is 85.0 Å². The van der Waals surface area contributed by atoms with Crippen molar-refractivity contribution in [2.45, 2.75) is 235 Å². The van der Waals surface area contributed by atoms with Gasteiger partial charge >= 0.3 is 11.9 Å². The number of esters is 2. The van der Waals surface area contributed by atoms with Gasteiger partial charge in [0.15, 0.2) is 6.10 Å². The number of phosphoric ester groups is 2. The van der Waals surface area contributed by atoms with E-state index in [2.05, 4.69) is 23.0 Å². The van der Waals surface area contributed by atoms with Gasteiger partial charge in [0.05, 0.1) is 6.61 Å². The normalized spacial score (nSPS) is 44.6. The molecule has 0 aromatic heterocycles. The predicted molar refractivity (Wildman–Crippen MR) is 231 cm³/mol. The molecule has 1 fully saturated rings. The van der Waals surface area contributed by atoms with E-state index >= 15 is 0 Å². The van der Waals surface area contributed by atoms with Crippen molar-refractivity contribution in [2.24, 2.45) is 0 Å². The SMILES string of the molecule is [2H]C([2H])([2H])C([2H])([2H])C([2H])([2H])C([2H])([2H])C([2H])([2H])C([2H])([2H])C([2H])([2H])C([2H])([2H])C([2H])([2H])C([2H])([2H])C([2H])([2H])C([2H])([2H])C([2H])([2H])C([2H])([2H])C([2H])([2H])C(=O)OC[C@H](COP(=O)([O-])O[C@@H]1[C@H](O)[C@H](OP(=O)([O-])O)[C@@H](O)[C@H](O)[C@H]1O)OC(=O)C([2H])([2H])C([2H])([2H])C([2H])([2H])C([2H])([2H])C([2H])([2H])C([2H])([2H])C([2H])([2H])C([2H])([2H])C([2H])([2H])C([2H])([2H])C([2H])([2H])C([2H])([2H])C([2H])([2H])C([2H])([2H])C([2H])([2H])[2H].[NH4+].[NH4+]. The standard InChI is InChI=1S/C41H80O16P2.2H3N/c1-3-5-7-9-11-13-15-17-19-21-23-25-27-29-34(42)53-31-33(55-35(43)30-28-26-24-22-20-18-16-14-12-10-8-6-4-2)32-54-59(51,52)57-41-38(46)36(44)37(45)40(39(41)47)56-58(48,49)50;;/h33,36-41,44-47H,3-32H2,1-2H3,(H,51,52)(H2,48,49,50);2*1H3/t33-,36+,37+,38-,39-,40-,41+;;/m1../s1/i1D3,2D3,3D2,4D2,5D2,6D2,7D2,8D2,9D2,10D2,11D2,12D2,13D2,14D2,15D2,16D2,17D2,18D2,19D2,20D2,21D2,22D2,23D2,24D2,25D2,26D2,27D2,28D2,29D2,30D2;;. The molecule has 0 aromatic rings. The summed E-state index contributed by atoms with van der Waals surface area (Å²) in [6, 6.07) is 0. The molecule has 1 rings (SSSR count). The van der Waals surface area contributed by atoms with Crippen LogP contribution in [0.3, 0.4) is 0 Å². The fraction of sp³-hybridized carbons (Fsp3) is 0.951. The molecule has 61 heavy (non-hydrogen) atoms. The lowest BCUT2D eigenvalue weighted by molar-refractivity contribution is -0.271. The van der Waals surface area contributed by atoms with E-state index in [1.54, 1.807) is 0 Å². The number of aliphatic hydroxyl groups excluding tert-OH is 4. The maximum absolute atomic E-state index is 14.1. The zero-order valence-electron chi connectivity index (χ0n) is 93.1. The quantitative estimate of drug-likeness (QED) is 0.0235. The second-order valence-corrected chi connectivity index (χ2v) is 12.0. The summed E-state index contributed by atoms with van der Waals surface area (Å²) < 4.78 is 556. The Balaban J connectivity index is 0. The van der Waals surface area contributed by atoms with Crippen LogP contribution in [0.15, 0.2) is 0 Å². The predicted octanol–water partition coefficient (Wildman–Crippen LogP) is 7.33. The molecular weight excluding hydrogens is 838 g/mol. The summed E-state index contributed by atoms with van der Waals surface area (Å²) in [6.07, 6.45) is -172. The lowest BCUT2D eigenvalue weighted by Gasteiger charge is -2.45. The summed E-state index contributed by atoms with van der Waals surface area (Å²) in [6.45, 7) is -13.8. The van der Waals surface area contributed by atoms with E-state index in [1.165, 1.54) is 0 Å². The molecule has 0 saturated heterocycles. The number of ether oxygens (including phenoxy) is 2. The van der Waals surface area contributed by atoms with Gasteiger partial charge in [0.1, 0.15) is 43.2 Å². The lowest BCUT2D eigenvalue weighted by Crippen LogP contribution is -2.64.